The summed E-state index contributed by atoms with van der Waals surface area (Å²) in [7, 11) is 1.69. The highest BCUT2D eigenvalue weighted by atomic mass is 16.5. The van der Waals surface area contributed by atoms with E-state index >= 15 is 0 Å². The van der Waals surface area contributed by atoms with Gasteiger partial charge in [-0.15, -0.1) is 0 Å². The van der Waals surface area contributed by atoms with Crippen molar-refractivity contribution in [3.8, 4) is 5.75 Å². The van der Waals surface area contributed by atoms with Crippen LogP contribution in [0.15, 0.2) is 18.2 Å². The standard InChI is InChI=1S/C16H28N2O/c1-4-6-7-13(5-2)11-18-12-14-8-9-15(17)10-16(14)19-3/h8-10,13,18H,4-7,11-12,17H2,1-3H3. The number of hydrogen-bond donors (Lipinski definition) is 2. The summed E-state index contributed by atoms with van der Waals surface area (Å²) in [5.74, 6) is 1.65. The van der Waals surface area contributed by atoms with E-state index < -0.39 is 0 Å². The van der Waals surface area contributed by atoms with Crippen LogP contribution >= 0.6 is 0 Å². The van der Waals surface area contributed by atoms with Gasteiger partial charge in [0.1, 0.15) is 5.75 Å². The second kappa shape index (κ2) is 8.81. The maximum atomic E-state index is 5.76. The van der Waals surface area contributed by atoms with Crippen LogP contribution in [0.2, 0.25) is 0 Å². The number of methoxy groups -OCH3 is 1. The van der Waals surface area contributed by atoms with Gasteiger partial charge >= 0.3 is 0 Å². The molecule has 0 aliphatic carbocycles. The van der Waals surface area contributed by atoms with Gasteiger partial charge in [0, 0.05) is 23.9 Å². The van der Waals surface area contributed by atoms with E-state index in [4.69, 9.17) is 10.5 Å². The van der Waals surface area contributed by atoms with Gasteiger partial charge in [0.15, 0.2) is 0 Å². The number of rotatable bonds is 9. The highest BCUT2D eigenvalue weighted by molar-refractivity contribution is 5.48. The van der Waals surface area contributed by atoms with Crippen LogP contribution in [0.5, 0.6) is 5.75 Å². The first-order valence-electron chi connectivity index (χ1n) is 7.34. The van der Waals surface area contributed by atoms with Crippen molar-refractivity contribution >= 4 is 5.69 Å². The monoisotopic (exact) mass is 264 g/mol. The number of nitrogen functional groups attached to an aromatic ring is 1. The lowest BCUT2D eigenvalue weighted by molar-refractivity contribution is 0.398. The van der Waals surface area contributed by atoms with Crippen molar-refractivity contribution in [1.29, 1.82) is 0 Å². The van der Waals surface area contributed by atoms with E-state index in [1.54, 1.807) is 7.11 Å². The molecule has 1 aromatic rings. The number of hydrogen-bond acceptors (Lipinski definition) is 3. The van der Waals surface area contributed by atoms with Crippen molar-refractivity contribution < 1.29 is 4.74 Å². The third-order valence-electron chi connectivity index (χ3n) is 3.60. The fourth-order valence-electron chi connectivity index (χ4n) is 2.26. The van der Waals surface area contributed by atoms with E-state index in [0.717, 1.165) is 30.4 Å². The van der Waals surface area contributed by atoms with E-state index in [1.807, 2.05) is 18.2 Å². The number of nitrogens with two attached hydrogens (primary N) is 1. The minimum absolute atomic E-state index is 0.745. The van der Waals surface area contributed by atoms with Gasteiger partial charge in [0.25, 0.3) is 0 Å². The van der Waals surface area contributed by atoms with Crippen LogP contribution in [0.4, 0.5) is 5.69 Å². The van der Waals surface area contributed by atoms with Crippen molar-refractivity contribution in [2.75, 3.05) is 19.4 Å². The Labute approximate surface area is 117 Å². The first-order chi connectivity index (χ1) is 9.21. The van der Waals surface area contributed by atoms with Crippen LogP contribution in [0.1, 0.15) is 45.1 Å². The van der Waals surface area contributed by atoms with Crippen LogP contribution in [0.25, 0.3) is 0 Å². The molecule has 0 aliphatic heterocycles. The quantitative estimate of drug-likeness (QED) is 0.670. The van der Waals surface area contributed by atoms with Crippen LogP contribution in [0, 0.1) is 5.92 Å². The van der Waals surface area contributed by atoms with Gasteiger partial charge in [-0.2, -0.15) is 0 Å². The minimum atomic E-state index is 0.745. The summed E-state index contributed by atoms with van der Waals surface area (Å²) in [6.45, 7) is 6.43. The van der Waals surface area contributed by atoms with Gasteiger partial charge in [-0.05, 0) is 24.9 Å². The first-order valence-corrected chi connectivity index (χ1v) is 7.34. The molecule has 3 nitrogen and oxygen atoms in total. The Morgan fingerprint density at radius 1 is 1.32 bits per heavy atom. The molecule has 0 spiro atoms. The molecule has 0 saturated heterocycles. The maximum absolute atomic E-state index is 5.76. The van der Waals surface area contributed by atoms with Crippen molar-refractivity contribution in [1.82, 2.24) is 5.32 Å². The molecule has 0 aromatic heterocycles. The lowest BCUT2D eigenvalue weighted by Gasteiger charge is -2.16. The van der Waals surface area contributed by atoms with Crippen molar-refractivity contribution in [2.45, 2.75) is 46.1 Å². The summed E-state index contributed by atoms with van der Waals surface area (Å²) in [4.78, 5) is 0. The average molecular weight is 264 g/mol. The number of anilines is 1. The van der Waals surface area contributed by atoms with E-state index in [0.29, 0.717) is 0 Å². The molecule has 3 N–H and O–H groups in total. The second-order valence-electron chi connectivity index (χ2n) is 5.12. The third-order valence-corrected chi connectivity index (χ3v) is 3.60. The zero-order chi connectivity index (χ0) is 14.1. The van der Waals surface area contributed by atoms with E-state index in [1.165, 1.54) is 31.2 Å². The molecule has 0 heterocycles. The molecule has 0 fully saturated rings. The number of ether oxygens (including phenoxy) is 1. The van der Waals surface area contributed by atoms with Crippen molar-refractivity contribution in [3.05, 3.63) is 23.8 Å². The van der Waals surface area contributed by atoms with Crippen LogP contribution in [0.3, 0.4) is 0 Å². The second-order valence-corrected chi connectivity index (χ2v) is 5.12. The Kier molecular flexibility index (Phi) is 7.34. The first kappa shape index (κ1) is 15.8. The Morgan fingerprint density at radius 3 is 2.74 bits per heavy atom. The van der Waals surface area contributed by atoms with E-state index in [9.17, 15) is 0 Å². The maximum Gasteiger partial charge on any atom is 0.125 e. The van der Waals surface area contributed by atoms with Crippen LogP contribution < -0.4 is 15.8 Å². The Morgan fingerprint density at radius 2 is 2.11 bits per heavy atom. The predicted octanol–water partition coefficient (Wildman–Crippen LogP) is 3.58. The minimum Gasteiger partial charge on any atom is -0.496 e. The lowest BCUT2D eigenvalue weighted by atomic mass is 9.99. The summed E-state index contributed by atoms with van der Waals surface area (Å²) in [6, 6.07) is 5.84. The fourth-order valence-corrected chi connectivity index (χ4v) is 2.26. The SMILES string of the molecule is CCCCC(CC)CNCc1ccc(N)cc1OC. The fraction of sp³-hybridized carbons (Fsp3) is 0.625. The molecule has 0 radical (unpaired) electrons. The molecule has 0 aliphatic rings. The Balaban J connectivity index is 2.43. The largest absolute Gasteiger partial charge is 0.496 e. The zero-order valence-electron chi connectivity index (χ0n) is 12.5. The molecule has 1 aromatic carbocycles. The van der Waals surface area contributed by atoms with E-state index in [2.05, 4.69) is 19.2 Å². The van der Waals surface area contributed by atoms with Crippen molar-refractivity contribution in [3.63, 3.8) is 0 Å². The van der Waals surface area contributed by atoms with Gasteiger partial charge < -0.3 is 15.8 Å². The van der Waals surface area contributed by atoms with Crippen LogP contribution in [-0.4, -0.2) is 13.7 Å². The molecule has 1 unspecified atom stereocenters. The lowest BCUT2D eigenvalue weighted by Crippen LogP contribution is -2.22. The van der Waals surface area contributed by atoms with Crippen LogP contribution in [-0.2, 0) is 6.54 Å². The molecule has 0 amide bonds. The summed E-state index contributed by atoms with van der Waals surface area (Å²) < 4.78 is 5.35. The molecule has 1 atom stereocenters. The molecule has 1 rings (SSSR count). The summed E-state index contributed by atoms with van der Waals surface area (Å²) >= 11 is 0. The van der Waals surface area contributed by atoms with Gasteiger partial charge in [-0.3, -0.25) is 0 Å². The average Bonchev–Trinajstić information content (AvgIpc) is 2.43. The summed E-state index contributed by atoms with van der Waals surface area (Å²) in [6.07, 6.45) is 5.17. The van der Waals surface area contributed by atoms with Gasteiger partial charge in [-0.25, -0.2) is 0 Å². The zero-order valence-corrected chi connectivity index (χ0v) is 12.5. The molecule has 0 saturated carbocycles. The molecular formula is C16H28N2O. The molecular weight excluding hydrogens is 236 g/mol. The third kappa shape index (κ3) is 5.52. The Bertz CT molecular complexity index is 366. The van der Waals surface area contributed by atoms with Gasteiger partial charge in [0.05, 0.1) is 7.11 Å². The summed E-state index contributed by atoms with van der Waals surface area (Å²) in [5.41, 5.74) is 7.67. The molecule has 0 bridgehead atoms. The van der Waals surface area contributed by atoms with E-state index in [-0.39, 0.29) is 0 Å². The predicted molar refractivity (Wildman–Crippen MR) is 82.4 cm³/mol. The van der Waals surface area contributed by atoms with Gasteiger partial charge in [-0.1, -0.05) is 39.2 Å². The van der Waals surface area contributed by atoms with Gasteiger partial charge in [0.2, 0.25) is 0 Å². The smallest absolute Gasteiger partial charge is 0.125 e. The summed E-state index contributed by atoms with van der Waals surface area (Å²) in [5, 5.41) is 3.53. The number of unbranched alkanes of at least 4 members (excludes halogenated alkanes) is 1. The number of benzene rings is 1. The topological polar surface area (TPSA) is 47.3 Å². The highest BCUT2D eigenvalue weighted by Gasteiger charge is 2.07. The highest BCUT2D eigenvalue weighted by Crippen LogP contribution is 2.21. The van der Waals surface area contributed by atoms with Crippen molar-refractivity contribution in [2.24, 2.45) is 5.92 Å². The molecule has 108 valence electrons. The molecule has 19 heavy (non-hydrogen) atoms. The normalized spacial score (nSPS) is 12.4. The number of nitrogens with one attached hydrogen (secondary N) is 1. The Hall–Kier alpha value is -1.22. The molecule has 3 heteroatoms.